The van der Waals surface area contributed by atoms with E-state index in [1.807, 2.05) is 61.9 Å². The molecule has 1 unspecified atom stereocenters. The zero-order valence-electron chi connectivity index (χ0n) is 19.3. The standard InChI is InChI=1S/C25H30N4O4/c1-16(2)13-24(30)27-17-10-11-19-18(14-17)28-23(29(19)3)9-6-12-26-25(31)22-15-32-20-7-4-5-8-21(20)33-22/h4-5,7-8,10-11,14,16,22H,6,9,12-13,15H2,1-3H3,(H,26,31)(H,27,30). The van der Waals surface area contributed by atoms with Crippen LogP contribution in [-0.2, 0) is 23.1 Å². The van der Waals surface area contributed by atoms with E-state index in [-0.39, 0.29) is 18.4 Å². The predicted molar refractivity (Wildman–Crippen MR) is 126 cm³/mol. The van der Waals surface area contributed by atoms with Crippen LogP contribution in [-0.4, -0.2) is 40.6 Å². The van der Waals surface area contributed by atoms with Gasteiger partial charge in [0.15, 0.2) is 11.5 Å². The molecule has 3 aromatic rings. The number of carbonyl (C=O) groups excluding carboxylic acids is 2. The molecule has 1 aliphatic heterocycles. The maximum absolute atomic E-state index is 12.4. The summed E-state index contributed by atoms with van der Waals surface area (Å²) in [5.74, 6) is 2.30. The Kier molecular flexibility index (Phi) is 6.82. The number of ether oxygens (including phenoxy) is 2. The maximum atomic E-state index is 12.4. The largest absolute Gasteiger partial charge is 0.485 e. The number of rotatable bonds is 8. The van der Waals surface area contributed by atoms with Crippen molar-refractivity contribution in [1.82, 2.24) is 14.9 Å². The van der Waals surface area contributed by atoms with E-state index in [4.69, 9.17) is 14.5 Å². The lowest BCUT2D eigenvalue weighted by Crippen LogP contribution is -2.44. The second-order valence-corrected chi connectivity index (χ2v) is 8.70. The van der Waals surface area contributed by atoms with E-state index in [2.05, 4.69) is 10.6 Å². The molecule has 1 aliphatic rings. The van der Waals surface area contributed by atoms with Gasteiger partial charge in [0, 0.05) is 32.1 Å². The molecule has 0 aliphatic carbocycles. The lowest BCUT2D eigenvalue weighted by molar-refractivity contribution is -0.130. The number of para-hydroxylation sites is 2. The third-order valence-electron chi connectivity index (χ3n) is 5.53. The highest BCUT2D eigenvalue weighted by Crippen LogP contribution is 2.30. The van der Waals surface area contributed by atoms with Crippen LogP contribution in [0.2, 0.25) is 0 Å². The van der Waals surface area contributed by atoms with E-state index in [9.17, 15) is 9.59 Å². The fourth-order valence-corrected chi connectivity index (χ4v) is 3.85. The number of imidazole rings is 1. The van der Waals surface area contributed by atoms with Gasteiger partial charge in [-0.05, 0) is 42.7 Å². The molecule has 0 fully saturated rings. The van der Waals surface area contributed by atoms with E-state index in [0.29, 0.717) is 36.8 Å². The lowest BCUT2D eigenvalue weighted by Gasteiger charge is -2.25. The van der Waals surface area contributed by atoms with Crippen LogP contribution >= 0.6 is 0 Å². The number of hydrogen-bond donors (Lipinski definition) is 2. The van der Waals surface area contributed by atoms with Gasteiger partial charge in [0.1, 0.15) is 12.4 Å². The van der Waals surface area contributed by atoms with Gasteiger partial charge in [0.05, 0.1) is 11.0 Å². The average Bonchev–Trinajstić information content (AvgIpc) is 3.10. The fraction of sp³-hybridized carbons (Fsp3) is 0.400. The van der Waals surface area contributed by atoms with Crippen LogP contribution in [0.4, 0.5) is 5.69 Å². The number of nitrogens with zero attached hydrogens (tertiary/aromatic N) is 2. The molecular formula is C25H30N4O4. The molecule has 2 N–H and O–H groups in total. The Labute approximate surface area is 193 Å². The number of nitrogens with one attached hydrogen (secondary N) is 2. The van der Waals surface area contributed by atoms with Gasteiger partial charge in [-0.1, -0.05) is 26.0 Å². The number of amides is 2. The molecule has 1 atom stereocenters. The van der Waals surface area contributed by atoms with Crippen LogP contribution in [0.25, 0.3) is 11.0 Å². The highest BCUT2D eigenvalue weighted by Gasteiger charge is 2.26. The Balaban J connectivity index is 1.29. The summed E-state index contributed by atoms with van der Waals surface area (Å²) in [6, 6.07) is 13.1. The molecule has 1 aromatic heterocycles. The number of fused-ring (bicyclic) bond motifs is 2. The van der Waals surface area contributed by atoms with Crippen molar-refractivity contribution in [2.24, 2.45) is 13.0 Å². The first-order valence-electron chi connectivity index (χ1n) is 11.3. The molecule has 0 radical (unpaired) electrons. The number of benzene rings is 2. The van der Waals surface area contributed by atoms with Crippen molar-refractivity contribution in [3.05, 3.63) is 48.3 Å². The van der Waals surface area contributed by atoms with Gasteiger partial charge in [0.2, 0.25) is 12.0 Å². The van der Waals surface area contributed by atoms with E-state index < -0.39 is 6.10 Å². The first-order chi connectivity index (χ1) is 15.9. The van der Waals surface area contributed by atoms with Crippen molar-refractivity contribution in [3.63, 3.8) is 0 Å². The summed E-state index contributed by atoms with van der Waals surface area (Å²) in [7, 11) is 1.98. The Bertz CT molecular complexity index is 1150. The summed E-state index contributed by atoms with van der Waals surface area (Å²) in [5.41, 5.74) is 2.59. The van der Waals surface area contributed by atoms with Crippen molar-refractivity contribution < 1.29 is 19.1 Å². The first-order valence-corrected chi connectivity index (χ1v) is 11.3. The molecule has 0 saturated carbocycles. The van der Waals surface area contributed by atoms with E-state index in [1.54, 1.807) is 6.07 Å². The van der Waals surface area contributed by atoms with E-state index >= 15 is 0 Å². The predicted octanol–water partition coefficient (Wildman–Crippen LogP) is 3.45. The van der Waals surface area contributed by atoms with Crippen molar-refractivity contribution in [2.75, 3.05) is 18.5 Å². The van der Waals surface area contributed by atoms with Crippen LogP contribution in [0.5, 0.6) is 11.5 Å². The minimum Gasteiger partial charge on any atom is -0.485 e. The van der Waals surface area contributed by atoms with Crippen LogP contribution in [0.3, 0.4) is 0 Å². The van der Waals surface area contributed by atoms with Crippen LogP contribution < -0.4 is 20.1 Å². The van der Waals surface area contributed by atoms with Gasteiger partial charge in [-0.3, -0.25) is 9.59 Å². The van der Waals surface area contributed by atoms with Crippen LogP contribution in [0.15, 0.2) is 42.5 Å². The lowest BCUT2D eigenvalue weighted by atomic mass is 10.1. The third kappa shape index (κ3) is 5.45. The smallest absolute Gasteiger partial charge is 0.264 e. The SMILES string of the molecule is CC(C)CC(=O)Nc1ccc2c(c1)nc(CCCNC(=O)C1COc3ccccc3O1)n2C. The van der Waals surface area contributed by atoms with Crippen molar-refractivity contribution in [2.45, 2.75) is 39.2 Å². The zero-order valence-corrected chi connectivity index (χ0v) is 19.3. The molecule has 33 heavy (non-hydrogen) atoms. The normalized spacial score (nSPS) is 15.0. The van der Waals surface area contributed by atoms with Crippen molar-refractivity contribution in [3.8, 4) is 11.5 Å². The number of carbonyl (C=O) groups is 2. The summed E-state index contributed by atoms with van der Waals surface area (Å²) < 4.78 is 13.4. The minimum absolute atomic E-state index is 0.00656. The van der Waals surface area contributed by atoms with Gasteiger partial charge < -0.3 is 24.7 Å². The highest BCUT2D eigenvalue weighted by atomic mass is 16.6. The van der Waals surface area contributed by atoms with Gasteiger partial charge in [-0.2, -0.15) is 0 Å². The summed E-state index contributed by atoms with van der Waals surface area (Å²) in [5, 5.41) is 5.86. The molecule has 0 saturated heterocycles. The summed E-state index contributed by atoms with van der Waals surface area (Å²) in [6.45, 7) is 4.75. The van der Waals surface area contributed by atoms with Gasteiger partial charge in [0.25, 0.3) is 5.91 Å². The minimum atomic E-state index is -0.653. The topological polar surface area (TPSA) is 94.5 Å². The highest BCUT2D eigenvalue weighted by molar-refractivity contribution is 5.93. The molecule has 2 aromatic carbocycles. The number of aromatic nitrogens is 2. The molecule has 2 amide bonds. The molecule has 174 valence electrons. The van der Waals surface area contributed by atoms with Crippen LogP contribution in [0, 0.1) is 5.92 Å². The molecule has 0 spiro atoms. The van der Waals surface area contributed by atoms with Crippen LogP contribution in [0.1, 0.15) is 32.5 Å². The molecule has 8 nitrogen and oxygen atoms in total. The monoisotopic (exact) mass is 450 g/mol. The zero-order chi connectivity index (χ0) is 23.4. The number of anilines is 1. The van der Waals surface area contributed by atoms with E-state index in [0.717, 1.165) is 29.0 Å². The number of aryl methyl sites for hydroxylation is 2. The second kappa shape index (κ2) is 9.94. The van der Waals surface area contributed by atoms with Crippen molar-refractivity contribution in [1.29, 1.82) is 0 Å². The molecule has 4 rings (SSSR count). The van der Waals surface area contributed by atoms with Crippen molar-refractivity contribution >= 4 is 28.5 Å². The Hall–Kier alpha value is -3.55. The fourth-order valence-electron chi connectivity index (χ4n) is 3.85. The molecule has 8 heteroatoms. The summed E-state index contributed by atoms with van der Waals surface area (Å²) >= 11 is 0. The maximum Gasteiger partial charge on any atom is 0.264 e. The molecule has 0 bridgehead atoms. The number of hydrogen-bond acceptors (Lipinski definition) is 5. The second-order valence-electron chi connectivity index (χ2n) is 8.70. The molecular weight excluding hydrogens is 420 g/mol. The Morgan fingerprint density at radius 1 is 1.18 bits per heavy atom. The summed E-state index contributed by atoms with van der Waals surface area (Å²) in [6.07, 6.45) is 1.29. The van der Waals surface area contributed by atoms with Gasteiger partial charge >= 0.3 is 0 Å². The van der Waals surface area contributed by atoms with Gasteiger partial charge in [-0.15, -0.1) is 0 Å². The summed E-state index contributed by atoms with van der Waals surface area (Å²) in [4.78, 5) is 29.2. The third-order valence-corrected chi connectivity index (χ3v) is 5.53. The quantitative estimate of drug-likeness (QED) is 0.513. The Morgan fingerprint density at radius 3 is 2.76 bits per heavy atom. The van der Waals surface area contributed by atoms with Gasteiger partial charge in [-0.25, -0.2) is 4.98 Å². The first kappa shape index (κ1) is 22.6. The van der Waals surface area contributed by atoms with E-state index in [1.165, 1.54) is 0 Å². The average molecular weight is 451 g/mol. The molecule has 2 heterocycles. The Morgan fingerprint density at radius 2 is 1.97 bits per heavy atom.